The van der Waals surface area contributed by atoms with Gasteiger partial charge in [0.25, 0.3) is 0 Å². The standard InChI is InChI=1S/C17H19FN2O4S/c1-24-17(23)11-8-14(16(21)22)19-9-15(11)20-13-6-5-10(7-12(13)18)25(2,3)4/h5-9,20H,1-4H3,(H,21,22). The lowest BCUT2D eigenvalue weighted by Gasteiger charge is -2.26. The Kier molecular flexibility index (Phi) is 5.32. The summed E-state index contributed by atoms with van der Waals surface area (Å²) >= 11 is 0. The fraction of sp³-hybridized carbons (Fsp3) is 0.235. The number of benzene rings is 1. The average Bonchev–Trinajstić information content (AvgIpc) is 2.55. The lowest BCUT2D eigenvalue weighted by Crippen LogP contribution is -2.10. The number of esters is 1. The molecule has 1 aromatic carbocycles. The van der Waals surface area contributed by atoms with E-state index in [-0.39, 0.29) is 22.6 Å². The van der Waals surface area contributed by atoms with E-state index in [1.165, 1.54) is 13.2 Å². The summed E-state index contributed by atoms with van der Waals surface area (Å²) in [5.74, 6) is -2.50. The van der Waals surface area contributed by atoms with Crippen LogP contribution in [0.25, 0.3) is 0 Å². The van der Waals surface area contributed by atoms with Gasteiger partial charge in [-0.15, -0.1) is 0 Å². The van der Waals surface area contributed by atoms with E-state index in [1.807, 2.05) is 6.07 Å². The molecule has 25 heavy (non-hydrogen) atoms. The first-order chi connectivity index (χ1) is 11.6. The monoisotopic (exact) mass is 366 g/mol. The molecule has 8 heteroatoms. The molecule has 1 aromatic heterocycles. The molecular formula is C17H19FN2O4S. The highest BCUT2D eigenvalue weighted by Crippen LogP contribution is 2.45. The van der Waals surface area contributed by atoms with Gasteiger partial charge in [0.15, 0.2) is 0 Å². The third-order valence-electron chi connectivity index (χ3n) is 3.45. The fourth-order valence-corrected chi connectivity index (χ4v) is 3.01. The Morgan fingerprint density at radius 2 is 1.88 bits per heavy atom. The van der Waals surface area contributed by atoms with Crippen molar-refractivity contribution < 1.29 is 23.8 Å². The first-order valence-corrected chi connectivity index (χ1v) is 10.1. The number of ether oxygens (including phenoxy) is 1. The number of nitrogens with zero attached hydrogens (tertiary/aromatic N) is 1. The van der Waals surface area contributed by atoms with Gasteiger partial charge in [0.1, 0.15) is 11.5 Å². The zero-order chi connectivity index (χ0) is 18.8. The minimum Gasteiger partial charge on any atom is -0.477 e. The number of carbonyl (C=O) groups is 2. The molecule has 2 N–H and O–H groups in total. The molecule has 6 nitrogen and oxygen atoms in total. The minimum atomic E-state index is -1.28. The van der Waals surface area contributed by atoms with Gasteiger partial charge in [-0.1, -0.05) is 0 Å². The second-order valence-corrected chi connectivity index (χ2v) is 10.2. The molecule has 0 saturated heterocycles. The number of carboxylic acids is 1. The van der Waals surface area contributed by atoms with Crippen LogP contribution < -0.4 is 5.32 Å². The Morgan fingerprint density at radius 3 is 2.40 bits per heavy atom. The van der Waals surface area contributed by atoms with E-state index in [9.17, 15) is 14.0 Å². The van der Waals surface area contributed by atoms with E-state index >= 15 is 0 Å². The predicted molar refractivity (Wildman–Crippen MR) is 95.8 cm³/mol. The molecule has 0 aliphatic heterocycles. The molecular weight excluding hydrogens is 347 g/mol. The Balaban J connectivity index is 2.43. The van der Waals surface area contributed by atoms with Gasteiger partial charge in [0.05, 0.1) is 30.2 Å². The molecule has 0 fully saturated rings. The van der Waals surface area contributed by atoms with Crippen LogP contribution in [0.3, 0.4) is 0 Å². The molecule has 0 aliphatic carbocycles. The third kappa shape index (κ3) is 4.27. The molecule has 0 aliphatic rings. The average molecular weight is 366 g/mol. The number of methoxy groups -OCH3 is 1. The molecule has 0 unspecified atom stereocenters. The van der Waals surface area contributed by atoms with Gasteiger partial charge in [0.2, 0.25) is 0 Å². The second kappa shape index (κ2) is 7.10. The summed E-state index contributed by atoms with van der Waals surface area (Å²) in [6.45, 7) is 0. The molecule has 2 rings (SSSR count). The number of nitrogens with one attached hydrogen (secondary N) is 1. The minimum absolute atomic E-state index is 0.0418. The van der Waals surface area contributed by atoms with Gasteiger partial charge >= 0.3 is 11.9 Å². The Morgan fingerprint density at radius 1 is 1.20 bits per heavy atom. The quantitative estimate of drug-likeness (QED) is 0.788. The van der Waals surface area contributed by atoms with E-state index in [4.69, 9.17) is 5.11 Å². The lowest BCUT2D eigenvalue weighted by atomic mass is 10.1. The molecule has 134 valence electrons. The largest absolute Gasteiger partial charge is 0.477 e. The Hall–Kier alpha value is -2.61. The summed E-state index contributed by atoms with van der Waals surface area (Å²) < 4.78 is 19.1. The summed E-state index contributed by atoms with van der Waals surface area (Å²) in [7, 11) is 0.0999. The van der Waals surface area contributed by atoms with Crippen LogP contribution >= 0.6 is 10.0 Å². The predicted octanol–water partition coefficient (Wildman–Crippen LogP) is 3.50. The van der Waals surface area contributed by atoms with Crippen LogP contribution in [-0.2, 0) is 4.74 Å². The van der Waals surface area contributed by atoms with E-state index < -0.39 is 27.8 Å². The van der Waals surface area contributed by atoms with Crippen molar-refractivity contribution in [2.75, 3.05) is 31.2 Å². The topological polar surface area (TPSA) is 88.5 Å². The van der Waals surface area contributed by atoms with Gasteiger partial charge in [-0.3, -0.25) is 0 Å². The summed E-state index contributed by atoms with van der Waals surface area (Å²) in [6, 6.07) is 5.93. The van der Waals surface area contributed by atoms with E-state index in [0.29, 0.717) is 0 Å². The van der Waals surface area contributed by atoms with Crippen LogP contribution in [0.4, 0.5) is 15.8 Å². The number of halogens is 1. The van der Waals surface area contributed by atoms with Crippen LogP contribution in [0, 0.1) is 5.82 Å². The van der Waals surface area contributed by atoms with Gasteiger partial charge in [-0.25, -0.2) is 29.0 Å². The van der Waals surface area contributed by atoms with Crippen LogP contribution in [0.15, 0.2) is 35.4 Å². The number of hydrogen-bond acceptors (Lipinski definition) is 5. The number of aromatic nitrogens is 1. The van der Waals surface area contributed by atoms with Crippen LogP contribution in [0.1, 0.15) is 20.8 Å². The Labute approximate surface area is 146 Å². The first-order valence-electron chi connectivity index (χ1n) is 7.20. The van der Waals surface area contributed by atoms with Crippen molar-refractivity contribution in [2.45, 2.75) is 4.90 Å². The van der Waals surface area contributed by atoms with Crippen LogP contribution in [0.5, 0.6) is 0 Å². The highest BCUT2D eigenvalue weighted by Gasteiger charge is 2.18. The maximum absolute atomic E-state index is 14.4. The molecule has 2 aromatic rings. The third-order valence-corrected chi connectivity index (χ3v) is 5.11. The lowest BCUT2D eigenvalue weighted by molar-refractivity contribution is 0.0601. The van der Waals surface area contributed by atoms with E-state index in [2.05, 4.69) is 33.8 Å². The number of carbonyl (C=O) groups excluding carboxylic acids is 1. The number of pyridine rings is 1. The first kappa shape index (κ1) is 18.7. The van der Waals surface area contributed by atoms with E-state index in [0.717, 1.165) is 17.2 Å². The molecule has 0 spiro atoms. The van der Waals surface area contributed by atoms with E-state index in [1.54, 1.807) is 6.07 Å². The van der Waals surface area contributed by atoms with Crippen LogP contribution in [-0.4, -0.2) is 47.9 Å². The van der Waals surface area contributed by atoms with Crippen molar-refractivity contribution in [2.24, 2.45) is 0 Å². The molecule has 0 radical (unpaired) electrons. The van der Waals surface area contributed by atoms with Gasteiger partial charge < -0.3 is 15.2 Å². The van der Waals surface area contributed by atoms with Crippen LogP contribution in [0.2, 0.25) is 0 Å². The molecule has 0 bridgehead atoms. The fourth-order valence-electron chi connectivity index (χ4n) is 2.07. The highest BCUT2D eigenvalue weighted by molar-refractivity contribution is 8.32. The smallest absolute Gasteiger partial charge is 0.354 e. The normalized spacial score (nSPS) is 11.7. The molecule has 0 saturated carbocycles. The number of aromatic carboxylic acids is 1. The van der Waals surface area contributed by atoms with Crippen molar-refractivity contribution in [3.63, 3.8) is 0 Å². The summed E-state index contributed by atoms with van der Waals surface area (Å²) in [6.07, 6.45) is 7.33. The number of hydrogen-bond donors (Lipinski definition) is 2. The van der Waals surface area contributed by atoms with Crippen molar-refractivity contribution >= 4 is 33.3 Å². The highest BCUT2D eigenvalue weighted by atomic mass is 32.3. The van der Waals surface area contributed by atoms with Crippen molar-refractivity contribution in [3.05, 3.63) is 47.5 Å². The maximum Gasteiger partial charge on any atom is 0.354 e. The molecule has 1 heterocycles. The summed E-state index contributed by atoms with van der Waals surface area (Å²) in [5, 5.41) is 11.8. The van der Waals surface area contributed by atoms with Gasteiger partial charge in [-0.05, 0) is 47.9 Å². The second-order valence-electron chi connectivity index (χ2n) is 6.02. The molecule has 0 amide bonds. The Bertz CT molecular complexity index is 834. The summed E-state index contributed by atoms with van der Waals surface area (Å²) in [5.41, 5.74) is -0.0352. The van der Waals surface area contributed by atoms with Gasteiger partial charge in [0, 0.05) is 0 Å². The van der Waals surface area contributed by atoms with Gasteiger partial charge in [-0.2, -0.15) is 0 Å². The zero-order valence-corrected chi connectivity index (χ0v) is 15.1. The number of carboxylic acid groups (broad SMARTS) is 1. The SMILES string of the molecule is COC(=O)c1cc(C(=O)O)ncc1Nc1ccc(S(C)(C)C)cc1F. The van der Waals surface area contributed by atoms with Crippen molar-refractivity contribution in [3.8, 4) is 0 Å². The van der Waals surface area contributed by atoms with Crippen molar-refractivity contribution in [1.82, 2.24) is 4.98 Å². The van der Waals surface area contributed by atoms with Crippen molar-refractivity contribution in [1.29, 1.82) is 0 Å². The summed E-state index contributed by atoms with van der Waals surface area (Å²) in [4.78, 5) is 27.6. The number of anilines is 2. The molecule has 0 atom stereocenters. The zero-order valence-electron chi connectivity index (χ0n) is 14.3. The maximum atomic E-state index is 14.4. The number of rotatable bonds is 5.